The average Bonchev–Trinajstić information content (AvgIpc) is 2.79. The molecule has 0 N–H and O–H groups in total. The zero-order valence-electron chi connectivity index (χ0n) is 20.6. The Morgan fingerprint density at radius 1 is 0.622 bits per heavy atom. The van der Waals surface area contributed by atoms with Gasteiger partial charge in [-0.25, -0.2) is 8.42 Å². The topological polar surface area (TPSA) is 71.1 Å². The minimum atomic E-state index is -3.85. The third kappa shape index (κ3) is 10.6. The Labute approximate surface area is 269 Å². The van der Waals surface area contributed by atoms with Gasteiger partial charge >= 0.3 is 0 Å². The Morgan fingerprint density at radius 3 is 1.19 bits per heavy atom. The van der Waals surface area contributed by atoms with Gasteiger partial charge in [0.25, 0.3) is 0 Å². The predicted octanol–water partition coefficient (Wildman–Crippen LogP) is 8.70. The van der Waals surface area contributed by atoms with E-state index in [-0.39, 0.29) is 31.7 Å². The smallest absolute Gasteiger partial charge is 0.206 e. The number of alkyl halides is 2. The highest BCUT2D eigenvalue weighted by Gasteiger charge is 2.24. The molecule has 0 aliphatic heterocycles. The number of benzene rings is 2. The summed E-state index contributed by atoms with van der Waals surface area (Å²) in [6.07, 6.45) is 0.240. The Hall–Kier alpha value is 0.790. The van der Waals surface area contributed by atoms with Gasteiger partial charge in [0.15, 0.2) is 0 Å². The highest BCUT2D eigenvalue weighted by Crippen LogP contribution is 2.41. The second-order valence-electron chi connectivity index (χ2n) is 8.52. The van der Waals surface area contributed by atoms with Crippen LogP contribution in [0.2, 0.25) is 0 Å². The van der Waals surface area contributed by atoms with Crippen LogP contribution >= 0.6 is 95.6 Å². The molecule has 6 nitrogen and oxygen atoms in total. The molecule has 37 heavy (non-hydrogen) atoms. The number of hydrogen-bond acceptors (Lipinski definition) is 6. The third-order valence-corrected chi connectivity index (χ3v) is 9.73. The molecule has 2 aromatic rings. The second kappa shape index (κ2) is 15.7. The van der Waals surface area contributed by atoms with Crippen LogP contribution in [0.15, 0.2) is 51.9 Å². The van der Waals surface area contributed by atoms with Crippen LogP contribution in [0.5, 0.6) is 11.5 Å². The van der Waals surface area contributed by atoms with Crippen molar-refractivity contribution < 1.29 is 27.4 Å². The summed E-state index contributed by atoms with van der Waals surface area (Å²) in [6, 6.07) is 6.11. The van der Waals surface area contributed by atoms with Crippen molar-refractivity contribution in [2.45, 2.75) is 59.3 Å². The first-order valence-corrected chi connectivity index (χ1v) is 17.7. The van der Waals surface area contributed by atoms with E-state index in [0.29, 0.717) is 55.8 Å². The fourth-order valence-electron chi connectivity index (χ4n) is 2.83. The highest BCUT2D eigenvalue weighted by molar-refractivity contribution is 9.11. The van der Waals surface area contributed by atoms with Crippen LogP contribution in [0.25, 0.3) is 0 Å². The SMILES string of the molecule is CC(C)OCC(Br)COc1c(Br)cc(S(=O)(=O)c2cc(Br)c(OCC(Br)COC(C)C)c(Br)c2)cc1Br. The molecule has 0 saturated heterocycles. The molecule has 2 atom stereocenters. The number of sulfone groups is 1. The molecule has 0 bridgehead atoms. The van der Waals surface area contributed by atoms with Crippen LogP contribution < -0.4 is 9.47 Å². The van der Waals surface area contributed by atoms with Crippen molar-refractivity contribution in [2.24, 2.45) is 0 Å². The van der Waals surface area contributed by atoms with E-state index in [1.165, 1.54) is 24.3 Å². The molecule has 0 heterocycles. The molecule has 0 aromatic heterocycles. The van der Waals surface area contributed by atoms with Crippen LogP contribution in [-0.2, 0) is 19.3 Å². The largest absolute Gasteiger partial charge is 0.490 e. The van der Waals surface area contributed by atoms with Crippen LogP contribution in [0.3, 0.4) is 0 Å². The van der Waals surface area contributed by atoms with Gasteiger partial charge in [-0.05, 0) is 116 Å². The summed E-state index contributed by atoms with van der Waals surface area (Å²) in [6.45, 7) is 9.53. The second-order valence-corrected chi connectivity index (χ2v) is 16.5. The van der Waals surface area contributed by atoms with E-state index < -0.39 is 9.84 Å². The van der Waals surface area contributed by atoms with Crippen molar-refractivity contribution >= 4 is 105 Å². The molecule has 2 unspecified atom stereocenters. The molecule has 0 radical (unpaired) electrons. The number of hydrogen-bond donors (Lipinski definition) is 0. The molecule has 2 rings (SSSR count). The van der Waals surface area contributed by atoms with Gasteiger partial charge in [0.1, 0.15) is 24.7 Å². The molecule has 0 aliphatic carbocycles. The fraction of sp³-hybridized carbons (Fsp3) is 0.500. The first-order chi connectivity index (χ1) is 17.2. The summed E-state index contributed by atoms with van der Waals surface area (Å²) in [5, 5.41) is 0. The van der Waals surface area contributed by atoms with Gasteiger partial charge in [0.05, 0.1) is 62.8 Å². The van der Waals surface area contributed by atoms with Crippen molar-refractivity contribution in [1.82, 2.24) is 0 Å². The Bertz CT molecular complexity index is 1030. The van der Waals surface area contributed by atoms with E-state index in [9.17, 15) is 8.42 Å². The maximum absolute atomic E-state index is 13.5. The number of rotatable bonds is 14. The normalized spacial score (nSPS) is 13.7. The lowest BCUT2D eigenvalue weighted by atomic mass is 10.3. The van der Waals surface area contributed by atoms with E-state index in [0.717, 1.165) is 0 Å². The van der Waals surface area contributed by atoms with Crippen LogP contribution in [0.4, 0.5) is 0 Å². The molecule has 0 spiro atoms. The van der Waals surface area contributed by atoms with E-state index in [1.54, 1.807) is 0 Å². The quantitative estimate of drug-likeness (QED) is 0.177. The van der Waals surface area contributed by atoms with Gasteiger partial charge in [0.2, 0.25) is 9.84 Å². The molecule has 0 fully saturated rings. The molecule has 0 aliphatic rings. The third-order valence-electron chi connectivity index (χ3n) is 4.60. The van der Waals surface area contributed by atoms with E-state index >= 15 is 0 Å². The summed E-state index contributed by atoms with van der Waals surface area (Å²) in [5.41, 5.74) is 0. The van der Waals surface area contributed by atoms with Gasteiger partial charge in [-0.2, -0.15) is 0 Å². The van der Waals surface area contributed by atoms with Gasteiger partial charge in [-0.1, -0.05) is 31.9 Å². The van der Waals surface area contributed by atoms with E-state index in [2.05, 4.69) is 95.6 Å². The van der Waals surface area contributed by atoms with Gasteiger partial charge in [-0.15, -0.1) is 0 Å². The zero-order valence-corrected chi connectivity index (χ0v) is 30.9. The van der Waals surface area contributed by atoms with Crippen molar-refractivity contribution in [2.75, 3.05) is 26.4 Å². The lowest BCUT2D eigenvalue weighted by Crippen LogP contribution is -2.20. The fourth-order valence-corrected chi connectivity index (χ4v) is 8.20. The summed E-state index contributed by atoms with van der Waals surface area (Å²) in [5.74, 6) is 1.01. The van der Waals surface area contributed by atoms with Crippen LogP contribution in [0.1, 0.15) is 27.7 Å². The summed E-state index contributed by atoms with van der Waals surface area (Å²) >= 11 is 20.9. The molecule has 2 aromatic carbocycles. The van der Waals surface area contributed by atoms with Crippen molar-refractivity contribution in [1.29, 1.82) is 0 Å². The molecule has 0 saturated carbocycles. The minimum Gasteiger partial charge on any atom is -0.490 e. The Balaban J connectivity index is 2.20. The molecule has 13 heteroatoms. The van der Waals surface area contributed by atoms with E-state index in [1.807, 2.05) is 27.7 Å². The Kier molecular flexibility index (Phi) is 14.4. The summed E-state index contributed by atoms with van der Waals surface area (Å²) in [7, 11) is -3.85. The molecule has 0 amide bonds. The summed E-state index contributed by atoms with van der Waals surface area (Å²) < 4.78 is 52.0. The monoisotopic (exact) mass is 918 g/mol. The average molecular weight is 924 g/mol. The van der Waals surface area contributed by atoms with Crippen molar-refractivity contribution in [3.63, 3.8) is 0 Å². The number of ether oxygens (including phenoxy) is 4. The lowest BCUT2D eigenvalue weighted by molar-refractivity contribution is 0.0735. The summed E-state index contributed by atoms with van der Waals surface area (Å²) in [4.78, 5) is 0.178. The molecular weight excluding hydrogens is 896 g/mol. The maximum atomic E-state index is 13.5. The highest BCUT2D eigenvalue weighted by atomic mass is 79.9. The first kappa shape index (κ1) is 34.0. The van der Waals surface area contributed by atoms with Gasteiger partial charge in [0, 0.05) is 0 Å². The molecule has 208 valence electrons. The zero-order chi connectivity index (χ0) is 27.9. The Morgan fingerprint density at radius 2 is 0.919 bits per heavy atom. The predicted molar refractivity (Wildman–Crippen MR) is 168 cm³/mol. The lowest BCUT2D eigenvalue weighted by Gasteiger charge is -2.17. The van der Waals surface area contributed by atoms with Crippen molar-refractivity contribution in [3.8, 4) is 11.5 Å². The number of halogens is 6. The van der Waals surface area contributed by atoms with Crippen LogP contribution in [0, 0.1) is 0 Å². The standard InChI is InChI=1S/C24H28Br6O6S/c1-13(2)33-9-15(25)11-35-23-19(27)5-17(6-20(23)28)37(31,32)18-7-21(29)24(22(30)8-18)36-12-16(26)10-34-14(3)4/h5-8,13-16H,9-12H2,1-4H3. The van der Waals surface area contributed by atoms with Crippen molar-refractivity contribution in [3.05, 3.63) is 42.2 Å². The first-order valence-electron chi connectivity index (χ1n) is 11.2. The maximum Gasteiger partial charge on any atom is 0.206 e. The molecular formula is C24H28Br6O6S. The van der Waals surface area contributed by atoms with Gasteiger partial charge < -0.3 is 18.9 Å². The van der Waals surface area contributed by atoms with Crippen LogP contribution in [-0.4, -0.2) is 56.7 Å². The minimum absolute atomic E-state index is 0.0184. The van der Waals surface area contributed by atoms with E-state index in [4.69, 9.17) is 18.9 Å². The van der Waals surface area contributed by atoms with Gasteiger partial charge in [-0.3, -0.25) is 0 Å².